The fraction of sp³-hybridized carbons (Fsp3) is 0.438. The number of hydrogen-bond acceptors (Lipinski definition) is 4. The summed E-state index contributed by atoms with van der Waals surface area (Å²) in [7, 11) is 0. The van der Waals surface area contributed by atoms with Crippen LogP contribution in [0.15, 0.2) is 18.2 Å². The molecule has 1 amide bonds. The number of aldehydes is 1. The molecule has 1 N–H and O–H groups in total. The van der Waals surface area contributed by atoms with E-state index in [4.69, 9.17) is 4.98 Å². The molecule has 22 heavy (non-hydrogen) atoms. The molecule has 0 bridgehead atoms. The zero-order valence-electron chi connectivity index (χ0n) is 12.3. The van der Waals surface area contributed by atoms with Crippen LogP contribution in [0.5, 0.6) is 0 Å². The van der Waals surface area contributed by atoms with Crippen molar-refractivity contribution in [1.82, 2.24) is 19.8 Å². The molecule has 0 spiro atoms. The summed E-state index contributed by atoms with van der Waals surface area (Å²) in [6.07, 6.45) is 3.01. The molecule has 1 aromatic carbocycles. The predicted molar refractivity (Wildman–Crippen MR) is 81.6 cm³/mol. The van der Waals surface area contributed by atoms with Crippen LogP contribution in [-0.2, 0) is 17.9 Å². The number of hydrogen-bond donors (Lipinski definition) is 1. The second kappa shape index (κ2) is 5.21. The summed E-state index contributed by atoms with van der Waals surface area (Å²) in [5.41, 5.74) is 2.45. The number of carbonyl (C=O) groups excluding carboxylic acids is 2. The summed E-state index contributed by atoms with van der Waals surface area (Å²) in [4.78, 5) is 30.2. The van der Waals surface area contributed by atoms with Crippen LogP contribution in [0.4, 0.5) is 0 Å². The minimum Gasteiger partial charge on any atom is -0.350 e. The molecule has 2 aliphatic rings. The second-order valence-electron chi connectivity index (χ2n) is 5.93. The van der Waals surface area contributed by atoms with Gasteiger partial charge in [0.2, 0.25) is 0 Å². The highest BCUT2D eigenvalue weighted by molar-refractivity contribution is 6.05. The van der Waals surface area contributed by atoms with E-state index in [9.17, 15) is 9.59 Å². The van der Waals surface area contributed by atoms with E-state index >= 15 is 0 Å². The molecule has 1 aromatic heterocycles. The Kier molecular flexibility index (Phi) is 3.18. The second-order valence-corrected chi connectivity index (χ2v) is 5.93. The van der Waals surface area contributed by atoms with Crippen molar-refractivity contribution in [2.24, 2.45) is 0 Å². The highest BCUT2D eigenvalue weighted by atomic mass is 16.1. The molecule has 114 valence electrons. The molecular weight excluding hydrogens is 280 g/mol. The number of rotatable bonds is 3. The van der Waals surface area contributed by atoms with Crippen molar-refractivity contribution < 1.29 is 9.59 Å². The van der Waals surface area contributed by atoms with Crippen LogP contribution < -0.4 is 5.32 Å². The standard InChI is InChI=1S/C16H18N4O2/c21-10-11-3-2-7-19(11)9-14-18-13-5-1-4-12-15(13)20(14)8-6-17-16(12)22/h1,4-5,10-11H,2-3,6-9H2,(H,17,22)/t11-/m0/s1. The number of likely N-dealkylation sites (tertiary alicyclic amines) is 1. The number of imidazole rings is 1. The summed E-state index contributed by atoms with van der Waals surface area (Å²) < 4.78 is 2.13. The van der Waals surface area contributed by atoms with Gasteiger partial charge in [-0.25, -0.2) is 4.98 Å². The Morgan fingerprint density at radius 2 is 2.27 bits per heavy atom. The van der Waals surface area contributed by atoms with E-state index in [2.05, 4.69) is 14.8 Å². The highest BCUT2D eigenvalue weighted by Gasteiger charge is 2.27. The first-order chi connectivity index (χ1) is 10.8. The van der Waals surface area contributed by atoms with E-state index in [1.165, 1.54) is 0 Å². The lowest BCUT2D eigenvalue weighted by molar-refractivity contribution is -0.111. The van der Waals surface area contributed by atoms with E-state index in [1.54, 1.807) is 0 Å². The third-order valence-electron chi connectivity index (χ3n) is 4.63. The van der Waals surface area contributed by atoms with Crippen LogP contribution in [0.3, 0.4) is 0 Å². The third kappa shape index (κ3) is 2.02. The highest BCUT2D eigenvalue weighted by Crippen LogP contribution is 2.25. The summed E-state index contributed by atoms with van der Waals surface area (Å²) in [5.74, 6) is 0.899. The molecule has 1 fully saturated rings. The van der Waals surface area contributed by atoms with Gasteiger partial charge >= 0.3 is 0 Å². The normalized spacial score (nSPS) is 21.8. The van der Waals surface area contributed by atoms with Gasteiger partial charge in [-0.1, -0.05) is 6.07 Å². The van der Waals surface area contributed by atoms with Gasteiger partial charge in [0, 0.05) is 13.1 Å². The van der Waals surface area contributed by atoms with Crippen molar-refractivity contribution in [3.05, 3.63) is 29.6 Å². The SMILES string of the molecule is O=C[C@@H]1CCCN1Cc1nc2cccc3c2n1CCNC3=O. The lowest BCUT2D eigenvalue weighted by Crippen LogP contribution is -2.31. The lowest BCUT2D eigenvalue weighted by atomic mass is 10.2. The van der Waals surface area contributed by atoms with Crippen molar-refractivity contribution in [2.75, 3.05) is 13.1 Å². The van der Waals surface area contributed by atoms with Gasteiger partial charge in [-0.05, 0) is 31.5 Å². The fourth-order valence-corrected chi connectivity index (χ4v) is 3.54. The van der Waals surface area contributed by atoms with Gasteiger partial charge in [0.25, 0.3) is 5.91 Å². The van der Waals surface area contributed by atoms with Gasteiger partial charge in [0.1, 0.15) is 12.1 Å². The van der Waals surface area contributed by atoms with Gasteiger partial charge in [0.15, 0.2) is 0 Å². The smallest absolute Gasteiger partial charge is 0.253 e. The van der Waals surface area contributed by atoms with Gasteiger partial charge in [-0.15, -0.1) is 0 Å². The first-order valence-electron chi connectivity index (χ1n) is 7.73. The molecule has 0 aliphatic carbocycles. The lowest BCUT2D eigenvalue weighted by Gasteiger charge is -2.20. The zero-order valence-corrected chi connectivity index (χ0v) is 12.3. The molecule has 4 rings (SSSR count). The molecule has 6 nitrogen and oxygen atoms in total. The molecule has 3 heterocycles. The predicted octanol–water partition coefficient (Wildman–Crippen LogP) is 0.943. The number of benzene rings is 1. The van der Waals surface area contributed by atoms with E-state index in [-0.39, 0.29) is 11.9 Å². The Bertz CT molecular complexity index is 752. The molecule has 0 unspecified atom stereocenters. The molecular formula is C16H18N4O2. The summed E-state index contributed by atoms with van der Waals surface area (Å²) in [5, 5.41) is 2.92. The van der Waals surface area contributed by atoms with E-state index < -0.39 is 0 Å². The summed E-state index contributed by atoms with van der Waals surface area (Å²) >= 11 is 0. The first-order valence-corrected chi connectivity index (χ1v) is 7.73. The number of para-hydroxylation sites is 1. The molecule has 2 aliphatic heterocycles. The zero-order chi connectivity index (χ0) is 15.1. The Balaban J connectivity index is 1.78. The average molecular weight is 298 g/mol. The topological polar surface area (TPSA) is 67.2 Å². The number of nitrogens with zero attached hydrogens (tertiary/aromatic N) is 3. The first kappa shape index (κ1) is 13.5. The fourth-order valence-electron chi connectivity index (χ4n) is 3.54. The Morgan fingerprint density at radius 1 is 1.36 bits per heavy atom. The number of nitrogens with one attached hydrogen (secondary N) is 1. The van der Waals surface area contributed by atoms with Gasteiger partial charge < -0.3 is 14.7 Å². The molecule has 0 saturated carbocycles. The Labute approximate surface area is 128 Å². The van der Waals surface area contributed by atoms with E-state index in [1.807, 2.05) is 18.2 Å². The van der Waals surface area contributed by atoms with Gasteiger partial charge in [0.05, 0.1) is 29.2 Å². The monoisotopic (exact) mass is 298 g/mol. The third-order valence-corrected chi connectivity index (χ3v) is 4.63. The maximum Gasteiger partial charge on any atom is 0.253 e. The summed E-state index contributed by atoms with van der Waals surface area (Å²) in [6, 6.07) is 5.65. The van der Waals surface area contributed by atoms with Crippen molar-refractivity contribution in [1.29, 1.82) is 0 Å². The maximum absolute atomic E-state index is 12.1. The largest absolute Gasteiger partial charge is 0.350 e. The minimum atomic E-state index is -0.0391. The van der Waals surface area contributed by atoms with E-state index in [0.717, 1.165) is 42.5 Å². The number of carbonyl (C=O) groups is 2. The number of amides is 1. The van der Waals surface area contributed by atoms with Crippen LogP contribution in [0.2, 0.25) is 0 Å². The average Bonchev–Trinajstić information content (AvgIpc) is 3.07. The van der Waals surface area contributed by atoms with Gasteiger partial charge in [-0.3, -0.25) is 9.69 Å². The minimum absolute atomic E-state index is 0.00221. The van der Waals surface area contributed by atoms with Crippen LogP contribution in [0.25, 0.3) is 11.0 Å². The van der Waals surface area contributed by atoms with E-state index in [0.29, 0.717) is 25.2 Å². The quantitative estimate of drug-likeness (QED) is 0.857. The number of aromatic nitrogens is 2. The summed E-state index contributed by atoms with van der Waals surface area (Å²) in [6.45, 7) is 2.90. The van der Waals surface area contributed by atoms with Crippen LogP contribution in [0, 0.1) is 0 Å². The van der Waals surface area contributed by atoms with Crippen molar-refractivity contribution >= 4 is 23.2 Å². The maximum atomic E-state index is 12.1. The molecule has 6 heteroatoms. The van der Waals surface area contributed by atoms with Crippen molar-refractivity contribution in [3.8, 4) is 0 Å². The Morgan fingerprint density at radius 3 is 3.14 bits per heavy atom. The van der Waals surface area contributed by atoms with Crippen LogP contribution in [-0.4, -0.2) is 45.8 Å². The van der Waals surface area contributed by atoms with Gasteiger partial charge in [-0.2, -0.15) is 0 Å². The molecule has 1 atom stereocenters. The van der Waals surface area contributed by atoms with Crippen molar-refractivity contribution in [2.45, 2.75) is 32.0 Å². The van der Waals surface area contributed by atoms with Crippen LogP contribution >= 0.6 is 0 Å². The molecule has 2 aromatic rings. The van der Waals surface area contributed by atoms with Crippen LogP contribution in [0.1, 0.15) is 29.0 Å². The van der Waals surface area contributed by atoms with Crippen molar-refractivity contribution in [3.63, 3.8) is 0 Å². The molecule has 1 saturated heterocycles. The Hall–Kier alpha value is -2.21. The molecule has 0 radical (unpaired) electrons.